The van der Waals surface area contributed by atoms with Gasteiger partial charge in [0, 0.05) is 19.1 Å². The lowest BCUT2D eigenvalue weighted by molar-refractivity contribution is -0.138. The van der Waals surface area contributed by atoms with Crippen LogP contribution < -0.4 is 4.90 Å². The van der Waals surface area contributed by atoms with Crippen molar-refractivity contribution in [2.24, 2.45) is 0 Å². The largest absolute Gasteiger partial charge is 0.480 e. The van der Waals surface area contributed by atoms with Gasteiger partial charge in [0.2, 0.25) is 0 Å². The first-order valence-corrected chi connectivity index (χ1v) is 9.18. The number of thiophene rings is 1. The van der Waals surface area contributed by atoms with E-state index in [1.165, 1.54) is 16.2 Å². The summed E-state index contributed by atoms with van der Waals surface area (Å²) in [5.41, 5.74) is 0. The van der Waals surface area contributed by atoms with Crippen LogP contribution in [0.4, 0.5) is 5.13 Å². The fourth-order valence-corrected chi connectivity index (χ4v) is 4.53. The lowest BCUT2D eigenvalue weighted by atomic mass is 10.3. The second kappa shape index (κ2) is 7.27. The molecule has 0 saturated heterocycles. The van der Waals surface area contributed by atoms with Gasteiger partial charge in [-0.2, -0.15) is 0 Å². The van der Waals surface area contributed by atoms with Crippen molar-refractivity contribution >= 4 is 49.2 Å². The molecule has 8 heteroatoms. The molecule has 1 amide bonds. The van der Waals surface area contributed by atoms with E-state index in [-0.39, 0.29) is 18.5 Å². The van der Waals surface area contributed by atoms with Crippen LogP contribution in [0.3, 0.4) is 0 Å². The molecule has 2 rings (SSSR count). The zero-order valence-corrected chi connectivity index (χ0v) is 15.3. The molecule has 2 aromatic heterocycles. The third kappa shape index (κ3) is 3.81. The Hall–Kier alpha value is -1.67. The third-order valence-corrected chi connectivity index (χ3v) is 5.72. The van der Waals surface area contributed by atoms with Gasteiger partial charge in [-0.1, -0.05) is 11.3 Å². The van der Waals surface area contributed by atoms with Crippen molar-refractivity contribution in [3.05, 3.63) is 10.9 Å². The molecule has 0 aliphatic carbocycles. The van der Waals surface area contributed by atoms with Crippen LogP contribution in [0.2, 0.25) is 0 Å². The number of aromatic nitrogens is 1. The summed E-state index contributed by atoms with van der Waals surface area (Å²) in [7, 11) is 0. The second-order valence-electron chi connectivity index (χ2n) is 5.37. The van der Waals surface area contributed by atoms with Crippen molar-refractivity contribution in [3.63, 3.8) is 0 Å². The van der Waals surface area contributed by atoms with Gasteiger partial charge >= 0.3 is 5.97 Å². The maximum atomic E-state index is 12.6. The van der Waals surface area contributed by atoms with E-state index < -0.39 is 5.97 Å². The molecule has 0 radical (unpaired) electrons. The molecule has 0 bridgehead atoms. The number of amides is 1. The number of carbonyl (C=O) groups excluding carboxylic acids is 1. The zero-order valence-electron chi connectivity index (χ0n) is 13.7. The Morgan fingerprint density at radius 2 is 1.91 bits per heavy atom. The van der Waals surface area contributed by atoms with Crippen LogP contribution in [0.1, 0.15) is 37.4 Å². The molecule has 1 N–H and O–H groups in total. The second-order valence-corrected chi connectivity index (χ2v) is 7.41. The highest BCUT2D eigenvalue weighted by Crippen LogP contribution is 2.35. The van der Waals surface area contributed by atoms with Crippen molar-refractivity contribution in [2.75, 3.05) is 24.5 Å². The highest BCUT2D eigenvalue weighted by atomic mass is 32.1. The molecule has 6 nitrogen and oxygen atoms in total. The van der Waals surface area contributed by atoms with Crippen molar-refractivity contribution < 1.29 is 14.7 Å². The summed E-state index contributed by atoms with van der Waals surface area (Å²) in [6.07, 6.45) is 0. The molecule has 0 saturated carbocycles. The molecule has 0 aliphatic heterocycles. The highest BCUT2D eigenvalue weighted by Gasteiger charge is 2.24. The minimum Gasteiger partial charge on any atom is -0.480 e. The topological polar surface area (TPSA) is 73.7 Å². The lowest BCUT2D eigenvalue weighted by Crippen LogP contribution is -2.40. The SMILES string of the molecule is CCN(CC)c1nc2sc(C(=O)N(CC(=O)O)C(C)C)cc2s1. The van der Waals surface area contributed by atoms with Gasteiger partial charge in [0.05, 0.1) is 9.58 Å². The van der Waals surface area contributed by atoms with E-state index in [0.29, 0.717) is 4.88 Å². The van der Waals surface area contributed by atoms with Crippen LogP contribution in [0.15, 0.2) is 6.07 Å². The molecule has 0 aromatic carbocycles. The lowest BCUT2D eigenvalue weighted by Gasteiger charge is -2.24. The number of rotatable bonds is 7. The quantitative estimate of drug-likeness (QED) is 0.826. The molecule has 0 fully saturated rings. The predicted octanol–water partition coefficient (Wildman–Crippen LogP) is 3.14. The van der Waals surface area contributed by atoms with Gasteiger partial charge in [0.25, 0.3) is 5.91 Å². The molecule has 0 aliphatic rings. The number of thiazole rings is 1. The van der Waals surface area contributed by atoms with Gasteiger partial charge in [0.1, 0.15) is 11.4 Å². The average Bonchev–Trinajstić information content (AvgIpc) is 3.03. The Bertz CT molecular complexity index is 672. The number of carboxylic acids is 1. The number of fused-ring (bicyclic) bond motifs is 1. The van der Waals surface area contributed by atoms with Gasteiger partial charge < -0.3 is 14.9 Å². The summed E-state index contributed by atoms with van der Waals surface area (Å²) >= 11 is 2.89. The van der Waals surface area contributed by atoms with Crippen molar-refractivity contribution in [1.29, 1.82) is 0 Å². The monoisotopic (exact) mass is 355 g/mol. The summed E-state index contributed by atoms with van der Waals surface area (Å²) in [4.78, 5) is 33.0. The first-order valence-electron chi connectivity index (χ1n) is 7.55. The summed E-state index contributed by atoms with van der Waals surface area (Å²) in [6.45, 7) is 9.29. The number of anilines is 1. The average molecular weight is 355 g/mol. The van der Waals surface area contributed by atoms with Crippen LogP contribution in [0.5, 0.6) is 0 Å². The number of aliphatic carboxylic acids is 1. The van der Waals surface area contributed by atoms with Crippen LogP contribution in [0, 0.1) is 0 Å². The Kier molecular flexibility index (Phi) is 5.59. The van der Waals surface area contributed by atoms with E-state index in [4.69, 9.17) is 5.11 Å². The molecule has 23 heavy (non-hydrogen) atoms. The first-order chi connectivity index (χ1) is 10.9. The van der Waals surface area contributed by atoms with Gasteiger partial charge in [0.15, 0.2) is 5.13 Å². The maximum Gasteiger partial charge on any atom is 0.323 e. The standard InChI is InChI=1S/C15H21N3O3S2/c1-5-17(6-2)15-16-13-10(23-15)7-11(22-13)14(21)18(9(3)4)8-12(19)20/h7,9H,5-6,8H2,1-4H3,(H,19,20). The molecule has 0 unspecified atom stereocenters. The number of nitrogens with zero attached hydrogens (tertiary/aromatic N) is 3. The number of carboxylic acid groups (broad SMARTS) is 1. The van der Waals surface area contributed by atoms with Gasteiger partial charge in [-0.05, 0) is 33.8 Å². The number of carbonyl (C=O) groups is 2. The Morgan fingerprint density at radius 3 is 2.39 bits per heavy atom. The van der Waals surface area contributed by atoms with Gasteiger partial charge in [-0.3, -0.25) is 9.59 Å². The van der Waals surface area contributed by atoms with Crippen LogP contribution in [0.25, 0.3) is 9.53 Å². The minimum atomic E-state index is -1.01. The van der Waals surface area contributed by atoms with E-state index in [2.05, 4.69) is 23.7 Å². The molecular formula is C15H21N3O3S2. The molecule has 2 aromatic rings. The summed E-state index contributed by atoms with van der Waals surface area (Å²) in [5, 5.41) is 9.93. The first kappa shape index (κ1) is 17.7. The van der Waals surface area contributed by atoms with Crippen LogP contribution >= 0.6 is 22.7 Å². The van der Waals surface area contributed by atoms with Gasteiger partial charge in [-0.25, -0.2) is 4.98 Å². The van der Waals surface area contributed by atoms with Crippen LogP contribution in [-0.4, -0.2) is 52.5 Å². The highest BCUT2D eigenvalue weighted by molar-refractivity contribution is 7.29. The summed E-state index contributed by atoms with van der Waals surface area (Å²) < 4.78 is 0.972. The molecule has 2 heterocycles. The summed E-state index contributed by atoms with van der Waals surface area (Å²) in [6, 6.07) is 1.66. The maximum absolute atomic E-state index is 12.6. The summed E-state index contributed by atoms with van der Waals surface area (Å²) in [5.74, 6) is -1.26. The fraction of sp³-hybridized carbons (Fsp3) is 0.533. The zero-order chi connectivity index (χ0) is 17.1. The van der Waals surface area contributed by atoms with E-state index >= 15 is 0 Å². The number of hydrogen-bond acceptors (Lipinski definition) is 6. The Labute approximate surface area is 143 Å². The minimum absolute atomic E-state index is 0.169. The predicted molar refractivity (Wildman–Crippen MR) is 94.9 cm³/mol. The fourth-order valence-electron chi connectivity index (χ4n) is 2.23. The van der Waals surface area contributed by atoms with E-state index in [0.717, 1.165) is 27.8 Å². The van der Waals surface area contributed by atoms with Crippen molar-refractivity contribution in [1.82, 2.24) is 9.88 Å². The molecular weight excluding hydrogens is 334 g/mol. The van der Waals surface area contributed by atoms with Gasteiger partial charge in [-0.15, -0.1) is 11.3 Å². The van der Waals surface area contributed by atoms with Crippen molar-refractivity contribution in [3.8, 4) is 0 Å². The van der Waals surface area contributed by atoms with Crippen molar-refractivity contribution in [2.45, 2.75) is 33.7 Å². The molecule has 126 valence electrons. The van der Waals surface area contributed by atoms with E-state index in [1.807, 2.05) is 19.9 Å². The van der Waals surface area contributed by atoms with E-state index in [1.54, 1.807) is 11.3 Å². The normalized spacial score (nSPS) is 11.2. The molecule has 0 atom stereocenters. The van der Waals surface area contributed by atoms with Crippen LogP contribution in [-0.2, 0) is 4.79 Å². The molecule has 0 spiro atoms. The number of hydrogen-bond donors (Lipinski definition) is 1. The smallest absolute Gasteiger partial charge is 0.323 e. The Morgan fingerprint density at radius 1 is 1.26 bits per heavy atom. The van der Waals surface area contributed by atoms with E-state index in [9.17, 15) is 9.59 Å². The third-order valence-electron chi connectivity index (χ3n) is 3.51. The Balaban J connectivity index is 2.28.